The molecular weight excluding hydrogens is 304 g/mol. The molecule has 0 atom stereocenters. The molecular formula is C15H13BrN2O. The molecule has 0 bridgehead atoms. The van der Waals surface area contributed by atoms with Crippen LogP contribution in [0.3, 0.4) is 0 Å². The van der Waals surface area contributed by atoms with Crippen LogP contribution in [-0.4, -0.2) is 12.1 Å². The highest BCUT2D eigenvalue weighted by Gasteiger charge is 2.03. The van der Waals surface area contributed by atoms with Gasteiger partial charge in [-0.1, -0.05) is 46.3 Å². The van der Waals surface area contributed by atoms with Crippen molar-refractivity contribution in [3.63, 3.8) is 0 Å². The van der Waals surface area contributed by atoms with Gasteiger partial charge in [-0.25, -0.2) is 5.43 Å². The molecule has 0 aliphatic rings. The van der Waals surface area contributed by atoms with Gasteiger partial charge in [-0.2, -0.15) is 5.10 Å². The summed E-state index contributed by atoms with van der Waals surface area (Å²) in [5, 5.41) is 3.97. The Morgan fingerprint density at radius 3 is 2.74 bits per heavy atom. The zero-order chi connectivity index (χ0) is 13.7. The number of rotatable bonds is 3. The Bertz CT molecular complexity index is 623. The lowest BCUT2D eigenvalue weighted by atomic mass is 10.1. The summed E-state index contributed by atoms with van der Waals surface area (Å²) >= 11 is 3.33. The van der Waals surface area contributed by atoms with E-state index in [1.807, 2.05) is 43.3 Å². The molecule has 0 saturated carbocycles. The van der Waals surface area contributed by atoms with Gasteiger partial charge in [-0.15, -0.1) is 0 Å². The Morgan fingerprint density at radius 1 is 1.21 bits per heavy atom. The van der Waals surface area contributed by atoms with E-state index in [9.17, 15) is 4.79 Å². The summed E-state index contributed by atoms with van der Waals surface area (Å²) in [6.07, 6.45) is 1.64. The first-order valence-electron chi connectivity index (χ1n) is 5.81. The van der Waals surface area contributed by atoms with Crippen molar-refractivity contribution in [1.82, 2.24) is 5.43 Å². The number of nitrogens with one attached hydrogen (secondary N) is 1. The first-order chi connectivity index (χ1) is 9.16. The zero-order valence-electron chi connectivity index (χ0n) is 10.4. The van der Waals surface area contributed by atoms with Gasteiger partial charge in [0.15, 0.2) is 0 Å². The van der Waals surface area contributed by atoms with Crippen LogP contribution in [-0.2, 0) is 0 Å². The van der Waals surface area contributed by atoms with Gasteiger partial charge in [0.25, 0.3) is 5.91 Å². The number of benzene rings is 2. The lowest BCUT2D eigenvalue weighted by Gasteiger charge is -2.01. The number of hydrogen-bond donors (Lipinski definition) is 1. The fraction of sp³-hybridized carbons (Fsp3) is 0.0667. The van der Waals surface area contributed by atoms with Crippen molar-refractivity contribution in [2.24, 2.45) is 5.10 Å². The van der Waals surface area contributed by atoms with E-state index in [2.05, 4.69) is 26.5 Å². The molecule has 2 aromatic carbocycles. The number of halogens is 1. The van der Waals surface area contributed by atoms with Gasteiger partial charge >= 0.3 is 0 Å². The Kier molecular flexibility index (Phi) is 4.47. The number of aryl methyl sites for hydroxylation is 1. The molecule has 2 rings (SSSR count). The van der Waals surface area contributed by atoms with Crippen molar-refractivity contribution in [2.75, 3.05) is 0 Å². The Hall–Kier alpha value is -1.94. The summed E-state index contributed by atoms with van der Waals surface area (Å²) in [5.41, 5.74) is 5.17. The van der Waals surface area contributed by atoms with Crippen LogP contribution >= 0.6 is 15.9 Å². The van der Waals surface area contributed by atoms with Crippen molar-refractivity contribution >= 4 is 28.1 Å². The standard InChI is InChI=1S/C15H13BrN2O/c1-11-5-2-3-6-13(11)10-17-18-15(19)12-7-4-8-14(16)9-12/h2-10H,1H3,(H,18,19)/b17-10-. The first kappa shape index (κ1) is 13.5. The minimum absolute atomic E-state index is 0.230. The molecule has 96 valence electrons. The van der Waals surface area contributed by atoms with Gasteiger partial charge in [0.2, 0.25) is 0 Å². The van der Waals surface area contributed by atoms with Crippen LogP contribution in [0, 0.1) is 6.92 Å². The van der Waals surface area contributed by atoms with Gasteiger partial charge < -0.3 is 0 Å². The van der Waals surface area contributed by atoms with E-state index in [1.165, 1.54) is 0 Å². The molecule has 2 aromatic rings. The fourth-order valence-corrected chi connectivity index (χ4v) is 1.99. The molecule has 3 nitrogen and oxygen atoms in total. The van der Waals surface area contributed by atoms with Gasteiger partial charge in [-0.3, -0.25) is 4.79 Å². The smallest absolute Gasteiger partial charge is 0.267 e. The zero-order valence-corrected chi connectivity index (χ0v) is 12.0. The average Bonchev–Trinajstić information content (AvgIpc) is 2.41. The monoisotopic (exact) mass is 316 g/mol. The maximum Gasteiger partial charge on any atom is 0.271 e. The SMILES string of the molecule is Cc1ccccc1/C=N\NC(=O)c1cccc(Br)c1. The van der Waals surface area contributed by atoms with Crippen LogP contribution in [0.1, 0.15) is 21.5 Å². The first-order valence-corrected chi connectivity index (χ1v) is 6.61. The molecule has 0 aliphatic heterocycles. The largest absolute Gasteiger partial charge is 0.271 e. The molecule has 0 saturated heterocycles. The van der Waals surface area contributed by atoms with Crippen LogP contribution < -0.4 is 5.43 Å². The molecule has 0 fully saturated rings. The topological polar surface area (TPSA) is 41.5 Å². The summed E-state index contributed by atoms with van der Waals surface area (Å²) in [6, 6.07) is 15.0. The summed E-state index contributed by atoms with van der Waals surface area (Å²) in [4.78, 5) is 11.8. The van der Waals surface area contributed by atoms with Crippen molar-refractivity contribution in [3.05, 3.63) is 69.7 Å². The van der Waals surface area contributed by atoms with E-state index in [4.69, 9.17) is 0 Å². The predicted molar refractivity (Wildman–Crippen MR) is 80.4 cm³/mol. The predicted octanol–water partition coefficient (Wildman–Crippen LogP) is 3.52. The van der Waals surface area contributed by atoms with Crippen LogP contribution in [0.2, 0.25) is 0 Å². The van der Waals surface area contributed by atoms with Crippen LogP contribution in [0.4, 0.5) is 0 Å². The number of carbonyl (C=O) groups excluding carboxylic acids is 1. The van der Waals surface area contributed by atoms with Crippen molar-refractivity contribution in [1.29, 1.82) is 0 Å². The molecule has 0 unspecified atom stereocenters. The molecule has 0 spiro atoms. The number of hydrazone groups is 1. The highest BCUT2D eigenvalue weighted by atomic mass is 79.9. The maximum absolute atomic E-state index is 11.8. The third kappa shape index (κ3) is 3.76. The van der Waals surface area contributed by atoms with E-state index in [-0.39, 0.29) is 5.91 Å². The molecule has 1 amide bonds. The molecule has 4 heteroatoms. The Labute approximate surface area is 120 Å². The van der Waals surface area contributed by atoms with E-state index < -0.39 is 0 Å². The highest BCUT2D eigenvalue weighted by Crippen LogP contribution is 2.11. The summed E-state index contributed by atoms with van der Waals surface area (Å²) < 4.78 is 0.864. The summed E-state index contributed by atoms with van der Waals surface area (Å²) in [6.45, 7) is 2.00. The van der Waals surface area contributed by atoms with E-state index >= 15 is 0 Å². The maximum atomic E-state index is 11.8. The second kappa shape index (κ2) is 6.29. The van der Waals surface area contributed by atoms with Crippen molar-refractivity contribution in [2.45, 2.75) is 6.92 Å². The molecule has 0 aromatic heterocycles. The molecule has 1 N–H and O–H groups in total. The summed E-state index contributed by atoms with van der Waals surface area (Å²) in [5.74, 6) is -0.230. The van der Waals surface area contributed by atoms with Crippen molar-refractivity contribution < 1.29 is 4.79 Å². The second-order valence-corrected chi connectivity index (χ2v) is 4.98. The van der Waals surface area contributed by atoms with Gasteiger partial charge in [0.05, 0.1) is 6.21 Å². The number of nitrogens with zero attached hydrogens (tertiary/aromatic N) is 1. The number of hydrogen-bond acceptors (Lipinski definition) is 2. The lowest BCUT2D eigenvalue weighted by Crippen LogP contribution is -2.17. The van der Waals surface area contributed by atoms with E-state index in [0.29, 0.717) is 5.56 Å². The van der Waals surface area contributed by atoms with Gasteiger partial charge in [0.1, 0.15) is 0 Å². The quantitative estimate of drug-likeness (QED) is 0.683. The number of carbonyl (C=O) groups is 1. The van der Waals surface area contributed by atoms with Crippen LogP contribution in [0.25, 0.3) is 0 Å². The van der Waals surface area contributed by atoms with E-state index in [0.717, 1.165) is 15.6 Å². The molecule has 0 heterocycles. The average molecular weight is 317 g/mol. The molecule has 0 aliphatic carbocycles. The fourth-order valence-electron chi connectivity index (χ4n) is 1.59. The minimum atomic E-state index is -0.230. The third-order valence-electron chi connectivity index (χ3n) is 2.64. The van der Waals surface area contributed by atoms with Crippen LogP contribution in [0.15, 0.2) is 58.1 Å². The molecule has 19 heavy (non-hydrogen) atoms. The molecule has 0 radical (unpaired) electrons. The number of amides is 1. The minimum Gasteiger partial charge on any atom is -0.267 e. The van der Waals surface area contributed by atoms with Crippen molar-refractivity contribution in [3.8, 4) is 0 Å². The Morgan fingerprint density at radius 2 is 2.00 bits per heavy atom. The van der Waals surface area contributed by atoms with E-state index in [1.54, 1.807) is 18.3 Å². The Balaban J connectivity index is 2.03. The van der Waals surface area contributed by atoms with Gasteiger partial charge in [-0.05, 0) is 36.2 Å². The highest BCUT2D eigenvalue weighted by molar-refractivity contribution is 9.10. The lowest BCUT2D eigenvalue weighted by molar-refractivity contribution is 0.0955. The normalized spacial score (nSPS) is 10.6. The summed E-state index contributed by atoms with van der Waals surface area (Å²) in [7, 11) is 0. The van der Waals surface area contributed by atoms with Gasteiger partial charge in [0, 0.05) is 10.0 Å². The second-order valence-electron chi connectivity index (χ2n) is 4.07. The third-order valence-corrected chi connectivity index (χ3v) is 3.14. The van der Waals surface area contributed by atoms with Crippen LogP contribution in [0.5, 0.6) is 0 Å².